The van der Waals surface area contributed by atoms with Crippen LogP contribution in [0.25, 0.3) is 6.08 Å². The summed E-state index contributed by atoms with van der Waals surface area (Å²) in [6.45, 7) is 2.50. The first-order valence-electron chi connectivity index (χ1n) is 10.9. The minimum Gasteiger partial charge on any atom is -0.490 e. The van der Waals surface area contributed by atoms with Crippen LogP contribution in [-0.2, 0) is 11.4 Å². The summed E-state index contributed by atoms with van der Waals surface area (Å²) >= 11 is 19.5. The lowest BCUT2D eigenvalue weighted by Gasteiger charge is -2.15. The molecule has 1 heterocycles. The van der Waals surface area contributed by atoms with Crippen LogP contribution in [-0.4, -0.2) is 28.8 Å². The summed E-state index contributed by atoms with van der Waals surface area (Å²) in [6, 6.07) is 15.0. The van der Waals surface area contributed by atoms with Crippen molar-refractivity contribution in [1.29, 1.82) is 0 Å². The number of hydrogen-bond acceptors (Lipinski definition) is 6. The maximum absolute atomic E-state index is 12.6. The van der Waals surface area contributed by atoms with Gasteiger partial charge in [0.2, 0.25) is 0 Å². The first kappa shape index (κ1) is 26.9. The van der Waals surface area contributed by atoms with Gasteiger partial charge in [-0.2, -0.15) is 0 Å². The lowest BCUT2D eigenvalue weighted by Crippen LogP contribution is -2.19. The number of carboxylic acids is 1. The van der Waals surface area contributed by atoms with Gasteiger partial charge in [-0.25, -0.2) is 9.79 Å². The monoisotopic (exact) mass is 576 g/mol. The van der Waals surface area contributed by atoms with Gasteiger partial charge in [0.1, 0.15) is 6.61 Å². The van der Waals surface area contributed by atoms with Crippen LogP contribution >= 0.6 is 46.6 Å². The molecule has 0 radical (unpaired) electrons. The molecule has 0 aromatic heterocycles. The Morgan fingerprint density at radius 3 is 2.51 bits per heavy atom. The van der Waals surface area contributed by atoms with Crippen molar-refractivity contribution < 1.29 is 24.2 Å². The Morgan fingerprint density at radius 1 is 1.05 bits per heavy atom. The van der Waals surface area contributed by atoms with Crippen molar-refractivity contribution >= 4 is 75.4 Å². The van der Waals surface area contributed by atoms with Crippen molar-refractivity contribution in [2.45, 2.75) is 13.5 Å². The minimum atomic E-state index is -1.17. The van der Waals surface area contributed by atoms with Gasteiger partial charge in [0.15, 0.2) is 16.7 Å². The van der Waals surface area contributed by atoms with Crippen LogP contribution < -0.4 is 14.8 Å². The summed E-state index contributed by atoms with van der Waals surface area (Å²) < 4.78 is 11.7. The topological polar surface area (TPSA) is 97.2 Å². The highest BCUT2D eigenvalue weighted by Crippen LogP contribution is 2.39. The number of carbonyl (C=O) groups excluding carboxylic acids is 1. The van der Waals surface area contributed by atoms with Crippen LogP contribution in [0.2, 0.25) is 15.1 Å². The molecular weight excluding hydrogens is 559 g/mol. The molecule has 1 fully saturated rings. The van der Waals surface area contributed by atoms with Gasteiger partial charge in [-0.3, -0.25) is 4.79 Å². The van der Waals surface area contributed by atoms with Crippen LogP contribution in [0.15, 0.2) is 64.5 Å². The number of nitrogens with one attached hydrogen (secondary N) is 1. The zero-order valence-electron chi connectivity index (χ0n) is 19.3. The summed E-state index contributed by atoms with van der Waals surface area (Å²) in [4.78, 5) is 28.6. The third-order valence-corrected chi connectivity index (χ3v) is 6.76. The van der Waals surface area contributed by atoms with Crippen molar-refractivity contribution in [3.8, 4) is 11.5 Å². The van der Waals surface area contributed by atoms with Crippen LogP contribution in [0.4, 0.5) is 5.69 Å². The molecule has 0 saturated carbocycles. The van der Waals surface area contributed by atoms with Crippen LogP contribution in [0.3, 0.4) is 0 Å². The number of amides is 1. The molecule has 0 spiro atoms. The molecule has 0 atom stereocenters. The van der Waals surface area contributed by atoms with E-state index in [1.807, 2.05) is 19.1 Å². The summed E-state index contributed by atoms with van der Waals surface area (Å²) in [5.41, 5.74) is 1.81. The highest BCUT2D eigenvalue weighted by atomic mass is 35.5. The van der Waals surface area contributed by atoms with Crippen molar-refractivity contribution in [2.24, 2.45) is 4.99 Å². The van der Waals surface area contributed by atoms with E-state index in [9.17, 15) is 14.7 Å². The second-order valence-electron chi connectivity index (χ2n) is 7.63. The first-order valence-corrected chi connectivity index (χ1v) is 12.8. The normalized spacial score (nSPS) is 15.2. The molecule has 3 aromatic rings. The fraction of sp³-hybridized carbons (Fsp3) is 0.115. The zero-order chi connectivity index (χ0) is 26.5. The van der Waals surface area contributed by atoms with E-state index in [2.05, 4.69) is 10.3 Å². The second-order valence-corrected chi connectivity index (χ2v) is 9.91. The van der Waals surface area contributed by atoms with Crippen molar-refractivity contribution in [1.82, 2.24) is 5.32 Å². The predicted octanol–water partition coefficient (Wildman–Crippen LogP) is 7.21. The van der Waals surface area contributed by atoms with Gasteiger partial charge < -0.3 is 19.9 Å². The number of nitrogens with zero attached hydrogens (tertiary/aromatic N) is 1. The fourth-order valence-electron chi connectivity index (χ4n) is 3.31. The Labute approximate surface area is 232 Å². The maximum atomic E-state index is 12.6. The number of aliphatic imine (C=N–C) groups is 1. The number of halogens is 3. The number of hydrogen-bond donors (Lipinski definition) is 2. The third-order valence-electron chi connectivity index (χ3n) is 4.99. The zero-order valence-corrected chi connectivity index (χ0v) is 22.3. The van der Waals surface area contributed by atoms with Gasteiger partial charge in [0, 0.05) is 5.02 Å². The summed E-state index contributed by atoms with van der Waals surface area (Å²) in [5.74, 6) is -0.689. The van der Waals surface area contributed by atoms with Crippen LogP contribution in [0.5, 0.6) is 11.5 Å². The SMILES string of the molecule is CCOc1cc(/C=C2\SC(=Nc3ccc(Cl)c(C(=O)O)c3)NC2=O)cc(Cl)c1OCc1ccc(Cl)cc1. The molecular formula is C26H19Cl3N2O5S. The average molecular weight is 578 g/mol. The Bertz CT molecular complexity index is 1420. The van der Waals surface area contributed by atoms with Crippen LogP contribution in [0.1, 0.15) is 28.4 Å². The van der Waals surface area contributed by atoms with E-state index in [1.165, 1.54) is 12.1 Å². The molecule has 190 valence electrons. The smallest absolute Gasteiger partial charge is 0.337 e. The molecule has 37 heavy (non-hydrogen) atoms. The fourth-order valence-corrected chi connectivity index (χ4v) is 4.75. The highest BCUT2D eigenvalue weighted by molar-refractivity contribution is 8.18. The van der Waals surface area contributed by atoms with Crippen molar-refractivity contribution in [3.63, 3.8) is 0 Å². The Morgan fingerprint density at radius 2 is 1.81 bits per heavy atom. The molecule has 11 heteroatoms. The standard InChI is InChI=1S/C26H19Cl3N2O5S/c1-2-35-21-10-15(9-20(29)23(21)36-13-14-3-5-16(27)6-4-14)11-22-24(32)31-26(37-22)30-17-7-8-19(28)18(12-17)25(33)34/h3-12H,2,13H2,1H3,(H,33,34)(H,30,31,32)/b22-11-. The number of aromatic carboxylic acids is 1. The average Bonchev–Trinajstić information content (AvgIpc) is 3.19. The van der Waals surface area contributed by atoms with E-state index in [0.717, 1.165) is 17.3 Å². The van der Waals surface area contributed by atoms with E-state index in [-0.39, 0.29) is 23.1 Å². The van der Waals surface area contributed by atoms with Gasteiger partial charge in [-0.05, 0) is 78.4 Å². The van der Waals surface area contributed by atoms with Crippen molar-refractivity contribution in [3.05, 3.63) is 91.3 Å². The van der Waals surface area contributed by atoms with Gasteiger partial charge in [-0.1, -0.05) is 46.9 Å². The second kappa shape index (κ2) is 11.9. The molecule has 0 unspecified atom stereocenters. The predicted molar refractivity (Wildman–Crippen MR) is 148 cm³/mol. The van der Waals surface area contributed by atoms with Gasteiger partial charge in [0.05, 0.1) is 32.8 Å². The lowest BCUT2D eigenvalue weighted by atomic mass is 10.1. The molecule has 1 aliphatic rings. The number of rotatable bonds is 8. The minimum absolute atomic E-state index is 0.0786. The van der Waals surface area contributed by atoms with Crippen LogP contribution in [0, 0.1) is 0 Å². The summed E-state index contributed by atoms with van der Waals surface area (Å²) in [5, 5.41) is 13.3. The molecule has 0 bridgehead atoms. The molecule has 3 aromatic carbocycles. The summed E-state index contributed by atoms with van der Waals surface area (Å²) in [7, 11) is 0. The third kappa shape index (κ3) is 6.78. The van der Waals surface area contributed by atoms with E-state index < -0.39 is 5.97 Å². The number of carbonyl (C=O) groups is 2. The molecule has 1 aliphatic heterocycles. The van der Waals surface area contributed by atoms with E-state index in [4.69, 9.17) is 44.3 Å². The van der Waals surface area contributed by atoms with Crippen molar-refractivity contribution in [2.75, 3.05) is 6.61 Å². The molecule has 2 N–H and O–H groups in total. The van der Waals surface area contributed by atoms with Gasteiger partial charge in [0.25, 0.3) is 5.91 Å². The molecule has 0 aliphatic carbocycles. The Hall–Kier alpha value is -3.17. The molecule has 1 saturated heterocycles. The largest absolute Gasteiger partial charge is 0.490 e. The maximum Gasteiger partial charge on any atom is 0.337 e. The van der Waals surface area contributed by atoms with Gasteiger partial charge >= 0.3 is 5.97 Å². The van der Waals surface area contributed by atoms with Gasteiger partial charge in [-0.15, -0.1) is 0 Å². The van der Waals surface area contributed by atoms with E-state index in [0.29, 0.717) is 49.5 Å². The highest BCUT2D eigenvalue weighted by Gasteiger charge is 2.24. The Balaban J connectivity index is 1.56. The lowest BCUT2D eigenvalue weighted by molar-refractivity contribution is -0.115. The Kier molecular flexibility index (Phi) is 8.66. The van der Waals surface area contributed by atoms with E-state index >= 15 is 0 Å². The quantitative estimate of drug-likeness (QED) is 0.275. The molecule has 7 nitrogen and oxygen atoms in total. The first-order chi connectivity index (χ1) is 17.7. The molecule has 4 rings (SSSR count). The number of benzene rings is 3. The number of thioether (sulfide) groups is 1. The molecule has 1 amide bonds. The summed E-state index contributed by atoms with van der Waals surface area (Å²) in [6.07, 6.45) is 1.66. The number of ether oxygens (including phenoxy) is 2. The van der Waals surface area contributed by atoms with E-state index in [1.54, 1.807) is 36.4 Å². The number of amidine groups is 1. The number of carboxylic acid groups (broad SMARTS) is 1.